The van der Waals surface area contributed by atoms with E-state index in [2.05, 4.69) is 4.99 Å². The second-order valence-corrected chi connectivity index (χ2v) is 3.40. The van der Waals surface area contributed by atoms with Crippen LogP contribution in [-0.2, 0) is 4.79 Å². The summed E-state index contributed by atoms with van der Waals surface area (Å²) in [6.07, 6.45) is 7.07. The average molecular weight is 206 g/mol. The predicted molar refractivity (Wildman–Crippen MR) is 60.2 cm³/mol. The summed E-state index contributed by atoms with van der Waals surface area (Å²) in [5, 5.41) is 1.99. The van der Waals surface area contributed by atoms with Crippen molar-refractivity contribution in [3.8, 4) is 0 Å². The Morgan fingerprint density at radius 1 is 1.57 bits per heavy atom. The van der Waals surface area contributed by atoms with Crippen molar-refractivity contribution < 1.29 is 4.79 Å². The first-order chi connectivity index (χ1) is 6.83. The van der Waals surface area contributed by atoms with Gasteiger partial charge in [-0.05, 0) is 29.7 Å². The van der Waals surface area contributed by atoms with Crippen molar-refractivity contribution in [2.45, 2.75) is 0 Å². The minimum atomic E-state index is 0.465. The van der Waals surface area contributed by atoms with Gasteiger partial charge in [-0.1, -0.05) is 6.07 Å². The van der Waals surface area contributed by atoms with E-state index in [0.29, 0.717) is 12.1 Å². The van der Waals surface area contributed by atoms with Gasteiger partial charge in [0.05, 0.1) is 0 Å². The molecule has 1 rings (SSSR count). The number of allylic oxidation sites excluding steroid dienone is 2. The molecule has 4 heteroatoms. The van der Waals surface area contributed by atoms with E-state index >= 15 is 0 Å². The highest BCUT2D eigenvalue weighted by atomic mass is 32.1. The fourth-order valence-electron chi connectivity index (χ4n) is 0.784. The number of amides is 1. The van der Waals surface area contributed by atoms with Crippen LogP contribution in [-0.4, -0.2) is 12.6 Å². The third-order valence-corrected chi connectivity index (χ3v) is 2.23. The minimum absolute atomic E-state index is 0.465. The summed E-state index contributed by atoms with van der Waals surface area (Å²) >= 11 is 1.63. The summed E-state index contributed by atoms with van der Waals surface area (Å²) in [7, 11) is 0. The van der Waals surface area contributed by atoms with E-state index in [1.54, 1.807) is 23.5 Å². The Morgan fingerprint density at radius 2 is 2.43 bits per heavy atom. The summed E-state index contributed by atoms with van der Waals surface area (Å²) < 4.78 is 0. The fourth-order valence-corrected chi connectivity index (χ4v) is 1.40. The maximum atomic E-state index is 9.85. The van der Waals surface area contributed by atoms with Crippen molar-refractivity contribution in [2.24, 2.45) is 10.7 Å². The van der Waals surface area contributed by atoms with Crippen molar-refractivity contribution in [3.63, 3.8) is 0 Å². The van der Waals surface area contributed by atoms with Crippen LogP contribution < -0.4 is 5.73 Å². The highest BCUT2D eigenvalue weighted by Gasteiger charge is 1.85. The lowest BCUT2D eigenvalue weighted by atomic mass is 10.3. The van der Waals surface area contributed by atoms with Crippen LogP contribution in [0.15, 0.2) is 40.4 Å². The molecule has 0 aliphatic carbocycles. The summed E-state index contributed by atoms with van der Waals surface area (Å²) in [5.41, 5.74) is 6.16. The quantitative estimate of drug-likeness (QED) is 0.464. The van der Waals surface area contributed by atoms with Crippen molar-refractivity contribution in [1.29, 1.82) is 0 Å². The Bertz CT molecular complexity index is 363. The van der Waals surface area contributed by atoms with Crippen LogP contribution in [0.4, 0.5) is 0 Å². The largest absolute Gasteiger partial charge is 0.399 e. The first-order valence-electron chi connectivity index (χ1n) is 3.97. The highest BCUT2D eigenvalue weighted by Crippen LogP contribution is 2.10. The number of carbonyl (C=O) groups excluding carboxylic acids is 1. The monoisotopic (exact) mass is 206 g/mol. The Morgan fingerprint density at radius 3 is 3.07 bits per heavy atom. The van der Waals surface area contributed by atoms with Gasteiger partial charge in [-0.3, -0.25) is 4.79 Å². The van der Waals surface area contributed by atoms with Gasteiger partial charge in [-0.15, -0.1) is 11.3 Å². The van der Waals surface area contributed by atoms with Gasteiger partial charge >= 0.3 is 0 Å². The van der Waals surface area contributed by atoms with Gasteiger partial charge in [0.1, 0.15) is 0 Å². The number of aliphatic imine (C=N–C) groups is 1. The number of hydrogen-bond donors (Lipinski definition) is 1. The molecule has 1 heterocycles. The van der Waals surface area contributed by atoms with Gasteiger partial charge in [0.2, 0.25) is 6.41 Å². The standard InChI is InChI=1S/C10H10N2OS/c11-9(5-6-12-8-13)3-4-10-2-1-7-14-10/h1-8H,11H2/b4-3+,9-5-,12-6?. The van der Waals surface area contributed by atoms with Gasteiger partial charge in [0, 0.05) is 16.8 Å². The van der Waals surface area contributed by atoms with Gasteiger partial charge in [0.15, 0.2) is 0 Å². The molecule has 1 aromatic heterocycles. The molecular formula is C10H10N2OS. The zero-order chi connectivity index (χ0) is 10.2. The van der Waals surface area contributed by atoms with Crippen LogP contribution in [0.1, 0.15) is 4.88 Å². The Labute approximate surface area is 86.3 Å². The molecule has 14 heavy (non-hydrogen) atoms. The van der Waals surface area contributed by atoms with Crippen molar-refractivity contribution in [2.75, 3.05) is 0 Å². The number of thiophene rings is 1. The molecule has 0 atom stereocenters. The topological polar surface area (TPSA) is 55.4 Å². The molecule has 1 amide bonds. The Balaban J connectivity index is 2.55. The van der Waals surface area contributed by atoms with Gasteiger partial charge in [-0.2, -0.15) is 0 Å². The number of rotatable bonds is 4. The maximum absolute atomic E-state index is 9.85. The van der Waals surface area contributed by atoms with Crippen LogP contribution in [0.3, 0.4) is 0 Å². The molecular weight excluding hydrogens is 196 g/mol. The van der Waals surface area contributed by atoms with Crippen LogP contribution >= 0.6 is 11.3 Å². The smallest absolute Gasteiger partial charge is 0.232 e. The second kappa shape index (κ2) is 5.88. The highest BCUT2D eigenvalue weighted by molar-refractivity contribution is 7.10. The molecule has 3 nitrogen and oxygen atoms in total. The zero-order valence-electron chi connectivity index (χ0n) is 7.46. The normalized spacial score (nSPS) is 12.7. The number of nitrogens with zero attached hydrogens (tertiary/aromatic N) is 1. The summed E-state index contributed by atoms with van der Waals surface area (Å²) in [4.78, 5) is 14.3. The Kier molecular flexibility index (Phi) is 4.37. The molecule has 1 aromatic rings. The van der Waals surface area contributed by atoms with E-state index < -0.39 is 0 Å². The van der Waals surface area contributed by atoms with E-state index in [0.717, 1.165) is 4.88 Å². The third kappa shape index (κ3) is 3.82. The average Bonchev–Trinajstić information content (AvgIpc) is 2.68. The van der Waals surface area contributed by atoms with Crippen LogP contribution in [0.25, 0.3) is 6.08 Å². The first-order valence-corrected chi connectivity index (χ1v) is 4.85. The van der Waals surface area contributed by atoms with E-state index in [1.165, 1.54) is 6.21 Å². The number of nitrogens with two attached hydrogens (primary N) is 1. The van der Waals surface area contributed by atoms with Crippen molar-refractivity contribution >= 4 is 30.0 Å². The van der Waals surface area contributed by atoms with E-state index in [9.17, 15) is 4.79 Å². The van der Waals surface area contributed by atoms with Gasteiger partial charge in [0.25, 0.3) is 0 Å². The molecule has 0 bridgehead atoms. The fraction of sp³-hybridized carbons (Fsp3) is 0. The van der Waals surface area contributed by atoms with Crippen LogP contribution in [0, 0.1) is 0 Å². The van der Waals surface area contributed by atoms with E-state index in [4.69, 9.17) is 5.73 Å². The molecule has 0 aromatic carbocycles. The molecule has 2 N–H and O–H groups in total. The molecule has 72 valence electrons. The summed E-state index contributed by atoms with van der Waals surface area (Å²) in [5.74, 6) is 0. The lowest BCUT2D eigenvalue weighted by molar-refractivity contribution is -0.106. The SMILES string of the molecule is NC(=C\C=NC=O)/C=C/c1cccs1. The Hall–Kier alpha value is -1.68. The van der Waals surface area contributed by atoms with Gasteiger partial charge in [-0.25, -0.2) is 4.99 Å². The van der Waals surface area contributed by atoms with Crippen molar-refractivity contribution in [3.05, 3.63) is 40.2 Å². The molecule has 0 saturated heterocycles. The molecule has 0 aliphatic rings. The summed E-state index contributed by atoms with van der Waals surface area (Å²) in [6.45, 7) is 0. The number of carbonyl (C=O) groups is 1. The minimum Gasteiger partial charge on any atom is -0.399 e. The van der Waals surface area contributed by atoms with E-state index in [-0.39, 0.29) is 0 Å². The van der Waals surface area contributed by atoms with Crippen LogP contribution in [0.5, 0.6) is 0 Å². The molecule has 0 spiro atoms. The molecule has 0 radical (unpaired) electrons. The third-order valence-electron chi connectivity index (χ3n) is 1.40. The second-order valence-electron chi connectivity index (χ2n) is 2.42. The predicted octanol–water partition coefficient (Wildman–Crippen LogP) is 1.83. The lowest BCUT2D eigenvalue weighted by Gasteiger charge is -1.87. The number of hydrogen-bond acceptors (Lipinski definition) is 3. The molecule has 0 unspecified atom stereocenters. The zero-order valence-corrected chi connectivity index (χ0v) is 8.28. The molecule has 0 fully saturated rings. The van der Waals surface area contributed by atoms with Crippen LogP contribution in [0.2, 0.25) is 0 Å². The molecule has 0 saturated carbocycles. The first kappa shape index (κ1) is 10.4. The van der Waals surface area contributed by atoms with E-state index in [1.807, 2.05) is 23.6 Å². The van der Waals surface area contributed by atoms with Crippen molar-refractivity contribution in [1.82, 2.24) is 0 Å². The maximum Gasteiger partial charge on any atom is 0.232 e. The lowest BCUT2D eigenvalue weighted by Crippen LogP contribution is -1.92. The van der Waals surface area contributed by atoms with Gasteiger partial charge < -0.3 is 5.73 Å². The molecule has 0 aliphatic heterocycles. The summed E-state index contributed by atoms with van der Waals surface area (Å²) in [6, 6.07) is 3.96.